The molecule has 4 rings (SSSR count). The van der Waals surface area contributed by atoms with Gasteiger partial charge < -0.3 is 14.8 Å². The number of carbonyl (C=O) groups excluding carboxylic acids is 3. The van der Waals surface area contributed by atoms with Gasteiger partial charge in [-0.1, -0.05) is 39.7 Å². The maximum Gasteiger partial charge on any atom is 0.344 e. The molecule has 4 amide bonds. The summed E-state index contributed by atoms with van der Waals surface area (Å²) < 4.78 is 10.9. The summed E-state index contributed by atoms with van der Waals surface area (Å²) in [6.45, 7) is 8.83. The summed E-state index contributed by atoms with van der Waals surface area (Å²) in [5.74, 6) is 1.58. The zero-order valence-corrected chi connectivity index (χ0v) is 19.8. The highest BCUT2D eigenvalue weighted by atomic mass is 16.7. The number of nitrogens with one attached hydrogen (secondary N) is 2. The normalized spacial score (nSPS) is 28.9. The van der Waals surface area contributed by atoms with Crippen LogP contribution in [-0.4, -0.2) is 52.7 Å². The Labute approximate surface area is 194 Å². The van der Waals surface area contributed by atoms with Gasteiger partial charge in [0.15, 0.2) is 11.5 Å². The van der Waals surface area contributed by atoms with E-state index in [1.807, 2.05) is 25.1 Å². The van der Waals surface area contributed by atoms with Gasteiger partial charge in [0.1, 0.15) is 5.54 Å². The van der Waals surface area contributed by atoms with Gasteiger partial charge in [-0.2, -0.15) is 5.01 Å². The van der Waals surface area contributed by atoms with Gasteiger partial charge in [0, 0.05) is 12.6 Å². The van der Waals surface area contributed by atoms with Gasteiger partial charge in [-0.05, 0) is 49.3 Å². The first-order chi connectivity index (χ1) is 15.7. The third-order valence-corrected chi connectivity index (χ3v) is 7.51. The molecule has 0 aromatic heterocycles. The van der Waals surface area contributed by atoms with E-state index in [0.717, 1.165) is 29.2 Å². The van der Waals surface area contributed by atoms with Crippen LogP contribution in [-0.2, 0) is 16.1 Å². The molecule has 3 aliphatic rings. The minimum atomic E-state index is -0.996. The smallest absolute Gasteiger partial charge is 0.344 e. The molecule has 1 aromatic carbocycles. The van der Waals surface area contributed by atoms with Crippen LogP contribution < -0.4 is 20.2 Å². The van der Waals surface area contributed by atoms with E-state index < -0.39 is 17.5 Å². The first-order valence-electron chi connectivity index (χ1n) is 11.8. The Morgan fingerprint density at radius 3 is 2.73 bits per heavy atom. The van der Waals surface area contributed by atoms with Gasteiger partial charge in [-0.15, -0.1) is 0 Å². The number of hydrogen-bond acceptors (Lipinski definition) is 6. The van der Waals surface area contributed by atoms with E-state index in [1.165, 1.54) is 6.42 Å². The lowest BCUT2D eigenvalue weighted by atomic mass is 9.77. The van der Waals surface area contributed by atoms with E-state index in [9.17, 15) is 14.4 Å². The molecule has 2 aliphatic heterocycles. The Morgan fingerprint density at radius 2 is 2.00 bits per heavy atom. The highest BCUT2D eigenvalue weighted by molar-refractivity contribution is 6.07. The van der Waals surface area contributed by atoms with Crippen molar-refractivity contribution in [3.05, 3.63) is 23.8 Å². The SMILES string of the molecule is CC[C@]1(C)NC(=O)N(NC(=O)CN(Cc2ccc3c(c2)OCO3)[C@@H]2CCC[C@H](C)[C@@H]2C)C1=O. The number of hydrogen-bond donors (Lipinski definition) is 2. The molecule has 33 heavy (non-hydrogen) atoms. The van der Waals surface area contributed by atoms with Gasteiger partial charge in [0.2, 0.25) is 6.79 Å². The molecular formula is C24H34N4O5. The number of benzene rings is 1. The maximum absolute atomic E-state index is 13.0. The van der Waals surface area contributed by atoms with Gasteiger partial charge in [-0.3, -0.25) is 19.9 Å². The minimum Gasteiger partial charge on any atom is -0.454 e. The van der Waals surface area contributed by atoms with E-state index >= 15 is 0 Å². The summed E-state index contributed by atoms with van der Waals surface area (Å²) >= 11 is 0. The average molecular weight is 459 g/mol. The summed E-state index contributed by atoms with van der Waals surface area (Å²) in [4.78, 5) is 40.2. The number of ether oxygens (including phenoxy) is 2. The molecule has 0 radical (unpaired) electrons. The van der Waals surface area contributed by atoms with Crippen LogP contribution in [0.1, 0.15) is 58.9 Å². The fraction of sp³-hybridized carbons (Fsp3) is 0.625. The molecule has 2 fully saturated rings. The Balaban J connectivity index is 1.50. The number of rotatable bonds is 7. The van der Waals surface area contributed by atoms with Crippen molar-refractivity contribution in [3.63, 3.8) is 0 Å². The van der Waals surface area contributed by atoms with E-state index in [2.05, 4.69) is 29.5 Å². The lowest BCUT2D eigenvalue weighted by Gasteiger charge is -2.41. The second kappa shape index (κ2) is 9.21. The third-order valence-electron chi connectivity index (χ3n) is 7.51. The first-order valence-corrected chi connectivity index (χ1v) is 11.8. The highest BCUT2D eigenvalue weighted by Gasteiger charge is 2.47. The van der Waals surface area contributed by atoms with E-state index in [4.69, 9.17) is 9.47 Å². The van der Waals surface area contributed by atoms with Crippen molar-refractivity contribution in [3.8, 4) is 11.5 Å². The van der Waals surface area contributed by atoms with Gasteiger partial charge >= 0.3 is 6.03 Å². The Bertz CT molecular complexity index is 937. The second-order valence-electron chi connectivity index (χ2n) is 9.72. The summed E-state index contributed by atoms with van der Waals surface area (Å²) in [5.41, 5.74) is 2.56. The fourth-order valence-corrected chi connectivity index (χ4v) is 5.00. The Kier molecular flexibility index (Phi) is 6.52. The number of nitrogens with zero attached hydrogens (tertiary/aromatic N) is 2. The molecule has 2 heterocycles. The topological polar surface area (TPSA) is 100 Å². The summed E-state index contributed by atoms with van der Waals surface area (Å²) in [6, 6.07) is 5.45. The summed E-state index contributed by atoms with van der Waals surface area (Å²) in [6.07, 6.45) is 3.73. The molecule has 1 aliphatic carbocycles. The van der Waals surface area contributed by atoms with Crippen molar-refractivity contribution < 1.29 is 23.9 Å². The average Bonchev–Trinajstić information content (AvgIpc) is 3.33. The van der Waals surface area contributed by atoms with Crippen molar-refractivity contribution in [2.75, 3.05) is 13.3 Å². The number of fused-ring (bicyclic) bond motifs is 1. The molecule has 4 atom stereocenters. The molecule has 9 heteroatoms. The van der Waals surface area contributed by atoms with Gasteiger partial charge in [0.25, 0.3) is 11.8 Å². The summed E-state index contributed by atoms with van der Waals surface area (Å²) in [5, 5.41) is 3.48. The van der Waals surface area contributed by atoms with Crippen LogP contribution in [0.15, 0.2) is 18.2 Å². The molecule has 9 nitrogen and oxygen atoms in total. The van der Waals surface area contributed by atoms with Crippen molar-refractivity contribution in [1.29, 1.82) is 0 Å². The molecule has 0 spiro atoms. The number of hydrazine groups is 1. The van der Waals surface area contributed by atoms with Crippen molar-refractivity contribution in [2.45, 2.75) is 71.5 Å². The molecule has 1 aromatic rings. The van der Waals surface area contributed by atoms with Crippen molar-refractivity contribution >= 4 is 17.8 Å². The van der Waals surface area contributed by atoms with Crippen LogP contribution >= 0.6 is 0 Å². The predicted octanol–water partition coefficient (Wildman–Crippen LogP) is 2.79. The number of urea groups is 1. The Morgan fingerprint density at radius 1 is 1.24 bits per heavy atom. The van der Waals surface area contributed by atoms with Crippen LogP contribution in [0, 0.1) is 11.8 Å². The lowest BCUT2D eigenvalue weighted by Crippen LogP contribution is -2.53. The molecule has 0 bridgehead atoms. The predicted molar refractivity (Wildman–Crippen MR) is 121 cm³/mol. The van der Waals surface area contributed by atoms with Crippen molar-refractivity contribution in [1.82, 2.24) is 20.7 Å². The van der Waals surface area contributed by atoms with Crippen LogP contribution in [0.2, 0.25) is 0 Å². The molecule has 0 unspecified atom stereocenters. The quantitative estimate of drug-likeness (QED) is 0.610. The monoisotopic (exact) mass is 458 g/mol. The number of carbonyl (C=O) groups is 3. The van der Waals surface area contributed by atoms with Crippen LogP contribution in [0.25, 0.3) is 0 Å². The molecule has 1 saturated carbocycles. The second-order valence-corrected chi connectivity index (χ2v) is 9.72. The van der Waals surface area contributed by atoms with Crippen LogP contribution in [0.3, 0.4) is 0 Å². The third kappa shape index (κ3) is 4.64. The lowest BCUT2D eigenvalue weighted by molar-refractivity contribution is -0.139. The van der Waals surface area contributed by atoms with Crippen LogP contribution in [0.4, 0.5) is 4.79 Å². The first kappa shape index (κ1) is 23.4. The number of amides is 4. The van der Waals surface area contributed by atoms with E-state index in [-0.39, 0.29) is 25.3 Å². The Hall–Kier alpha value is -2.81. The molecule has 180 valence electrons. The maximum atomic E-state index is 13.0. The standard InChI is InChI=1S/C24H34N4O5/c1-5-24(4)22(30)28(23(31)25-24)26-21(29)13-27(18-8-6-7-15(2)16(18)3)12-17-9-10-19-20(11-17)33-14-32-19/h9-11,15-16,18H,5-8,12-14H2,1-4H3,(H,25,31)(H,26,29)/t15-,16-,18+,24-/m0/s1. The van der Waals surface area contributed by atoms with Gasteiger partial charge in [-0.25, -0.2) is 4.79 Å². The van der Waals surface area contributed by atoms with E-state index in [0.29, 0.717) is 30.6 Å². The summed E-state index contributed by atoms with van der Waals surface area (Å²) in [7, 11) is 0. The largest absolute Gasteiger partial charge is 0.454 e. The minimum absolute atomic E-state index is 0.0794. The zero-order valence-electron chi connectivity index (χ0n) is 19.8. The van der Waals surface area contributed by atoms with Crippen LogP contribution in [0.5, 0.6) is 11.5 Å². The van der Waals surface area contributed by atoms with Crippen molar-refractivity contribution in [2.24, 2.45) is 11.8 Å². The van der Waals surface area contributed by atoms with E-state index in [1.54, 1.807) is 6.92 Å². The molecule has 1 saturated heterocycles. The van der Waals surface area contributed by atoms with Gasteiger partial charge in [0.05, 0.1) is 6.54 Å². The highest BCUT2D eigenvalue weighted by Crippen LogP contribution is 2.36. The number of imide groups is 1. The molecule has 2 N–H and O–H groups in total. The molecular weight excluding hydrogens is 424 g/mol. The fourth-order valence-electron chi connectivity index (χ4n) is 5.00. The zero-order chi connectivity index (χ0) is 23.8.